The van der Waals surface area contributed by atoms with Crippen LogP contribution in [-0.2, 0) is 25.6 Å². The molecule has 0 radical (unpaired) electrons. The molecular weight excluding hydrogens is 348 g/mol. The number of rotatable bonds is 5. The van der Waals surface area contributed by atoms with E-state index in [2.05, 4.69) is 0 Å². The molecule has 0 aliphatic carbocycles. The average molecular weight is 376 g/mol. The zero-order valence-electron chi connectivity index (χ0n) is 16.4. The van der Waals surface area contributed by atoms with Crippen LogP contribution in [-0.4, -0.2) is 59.1 Å². The molecule has 0 N–H and O–H groups in total. The van der Waals surface area contributed by atoms with Crippen LogP contribution in [0.25, 0.3) is 0 Å². The van der Waals surface area contributed by atoms with E-state index in [4.69, 9.17) is 9.47 Å². The van der Waals surface area contributed by atoms with Crippen molar-refractivity contribution < 1.29 is 23.9 Å². The second kappa shape index (κ2) is 8.88. The number of nitrogens with zero attached hydrogens (tertiary/aromatic N) is 2. The highest BCUT2D eigenvalue weighted by Crippen LogP contribution is 2.21. The van der Waals surface area contributed by atoms with Gasteiger partial charge in [0.15, 0.2) is 0 Å². The molecule has 0 saturated carbocycles. The van der Waals surface area contributed by atoms with Gasteiger partial charge in [-0.25, -0.2) is 4.79 Å². The summed E-state index contributed by atoms with van der Waals surface area (Å²) in [4.78, 5) is 40.6. The number of piperazine rings is 1. The lowest BCUT2D eigenvalue weighted by molar-refractivity contribution is -0.152. The summed E-state index contributed by atoms with van der Waals surface area (Å²) in [5, 5.41) is 0. The van der Waals surface area contributed by atoms with Crippen molar-refractivity contribution in [3.63, 3.8) is 0 Å². The molecule has 1 saturated heterocycles. The molecule has 1 aliphatic heterocycles. The maximum atomic E-state index is 13.0. The highest BCUT2D eigenvalue weighted by atomic mass is 16.6. The van der Waals surface area contributed by atoms with Crippen LogP contribution in [0.15, 0.2) is 30.3 Å². The summed E-state index contributed by atoms with van der Waals surface area (Å²) in [7, 11) is 0. The molecule has 1 aromatic rings. The Hall–Kier alpha value is -2.57. The van der Waals surface area contributed by atoms with Crippen molar-refractivity contribution in [3.05, 3.63) is 35.9 Å². The number of hydrogen-bond acceptors (Lipinski definition) is 5. The number of carbonyl (C=O) groups is 3. The van der Waals surface area contributed by atoms with Gasteiger partial charge in [-0.1, -0.05) is 30.3 Å². The van der Waals surface area contributed by atoms with E-state index in [0.717, 1.165) is 5.56 Å². The monoisotopic (exact) mass is 376 g/mol. The first-order chi connectivity index (χ1) is 12.7. The van der Waals surface area contributed by atoms with Crippen LogP contribution in [0.4, 0.5) is 4.79 Å². The van der Waals surface area contributed by atoms with Gasteiger partial charge >= 0.3 is 12.1 Å². The second-order valence-electron chi connectivity index (χ2n) is 7.44. The lowest BCUT2D eigenvalue weighted by Gasteiger charge is -2.40. The molecule has 7 nitrogen and oxygen atoms in total. The molecule has 0 aromatic heterocycles. The fourth-order valence-corrected chi connectivity index (χ4v) is 2.91. The number of carbonyl (C=O) groups excluding carboxylic acids is 3. The quantitative estimate of drug-likeness (QED) is 0.739. The van der Waals surface area contributed by atoms with Gasteiger partial charge in [0.05, 0.1) is 13.0 Å². The maximum absolute atomic E-state index is 13.0. The number of benzene rings is 1. The van der Waals surface area contributed by atoms with E-state index in [0.29, 0.717) is 19.6 Å². The molecule has 0 unspecified atom stereocenters. The van der Waals surface area contributed by atoms with Crippen LogP contribution >= 0.6 is 0 Å². The van der Waals surface area contributed by atoms with Crippen LogP contribution in [0.3, 0.4) is 0 Å². The summed E-state index contributed by atoms with van der Waals surface area (Å²) in [5.41, 5.74) is 0.307. The summed E-state index contributed by atoms with van der Waals surface area (Å²) in [6, 6.07) is 8.69. The molecule has 0 spiro atoms. The minimum absolute atomic E-state index is 0.183. The molecule has 148 valence electrons. The first-order valence-corrected chi connectivity index (χ1v) is 9.19. The minimum atomic E-state index is -0.920. The molecule has 1 atom stereocenters. The third kappa shape index (κ3) is 5.98. The SMILES string of the molecule is CCOC(=O)C[C@@H]1C(=O)N(Cc2ccccc2)CCN1C(=O)OC(C)(C)C. The molecule has 1 fully saturated rings. The first-order valence-electron chi connectivity index (χ1n) is 9.19. The van der Waals surface area contributed by atoms with Gasteiger partial charge in [-0.15, -0.1) is 0 Å². The topological polar surface area (TPSA) is 76.2 Å². The van der Waals surface area contributed by atoms with E-state index in [1.165, 1.54) is 4.90 Å². The van der Waals surface area contributed by atoms with Crippen molar-refractivity contribution in [3.8, 4) is 0 Å². The third-order valence-corrected chi connectivity index (χ3v) is 4.09. The predicted octanol–water partition coefficient (Wildman–Crippen LogP) is 2.59. The van der Waals surface area contributed by atoms with Gasteiger partial charge in [0.2, 0.25) is 5.91 Å². The Balaban J connectivity index is 2.17. The highest BCUT2D eigenvalue weighted by Gasteiger charge is 2.40. The molecule has 1 heterocycles. The largest absolute Gasteiger partial charge is 0.466 e. The second-order valence-corrected chi connectivity index (χ2v) is 7.44. The summed E-state index contributed by atoms with van der Waals surface area (Å²) in [6.45, 7) is 8.33. The molecule has 27 heavy (non-hydrogen) atoms. The van der Waals surface area contributed by atoms with Gasteiger partial charge in [-0.05, 0) is 33.3 Å². The van der Waals surface area contributed by atoms with Gasteiger partial charge in [0.25, 0.3) is 0 Å². The standard InChI is InChI=1S/C20H28N2O5/c1-5-26-17(23)13-16-18(24)21(14-15-9-7-6-8-10-15)11-12-22(16)19(25)27-20(2,3)4/h6-10,16H,5,11-14H2,1-4H3/t16-/m1/s1. The molecule has 1 aliphatic rings. The number of hydrogen-bond donors (Lipinski definition) is 0. The Kier molecular flexibility index (Phi) is 6.82. The zero-order chi connectivity index (χ0) is 20.0. The van der Waals surface area contributed by atoms with E-state index in [1.807, 2.05) is 30.3 Å². The average Bonchev–Trinajstić information content (AvgIpc) is 2.58. The lowest BCUT2D eigenvalue weighted by Crippen LogP contribution is -2.59. The molecule has 1 aromatic carbocycles. The Morgan fingerprint density at radius 2 is 1.81 bits per heavy atom. The van der Waals surface area contributed by atoms with Gasteiger partial charge < -0.3 is 14.4 Å². The molecule has 0 bridgehead atoms. The van der Waals surface area contributed by atoms with E-state index in [1.54, 1.807) is 32.6 Å². The minimum Gasteiger partial charge on any atom is -0.466 e. The van der Waals surface area contributed by atoms with Crippen molar-refractivity contribution in [1.82, 2.24) is 9.80 Å². The Bertz CT molecular complexity index is 669. The lowest BCUT2D eigenvalue weighted by atomic mass is 10.1. The summed E-state index contributed by atoms with van der Waals surface area (Å²) in [6.07, 6.45) is -0.776. The smallest absolute Gasteiger partial charge is 0.411 e. The van der Waals surface area contributed by atoms with Crippen molar-refractivity contribution in [2.45, 2.75) is 52.3 Å². The molecule has 2 amide bonds. The molecule has 2 rings (SSSR count). The van der Waals surface area contributed by atoms with Crippen LogP contribution in [0.5, 0.6) is 0 Å². The van der Waals surface area contributed by atoms with E-state index in [-0.39, 0.29) is 18.9 Å². The summed E-state index contributed by atoms with van der Waals surface area (Å²) >= 11 is 0. The Labute approximate surface area is 160 Å². The van der Waals surface area contributed by atoms with E-state index < -0.39 is 23.7 Å². The summed E-state index contributed by atoms with van der Waals surface area (Å²) in [5.74, 6) is -0.782. The molecule has 7 heteroatoms. The van der Waals surface area contributed by atoms with Gasteiger partial charge in [-0.2, -0.15) is 0 Å². The van der Waals surface area contributed by atoms with Crippen molar-refractivity contribution in [2.75, 3.05) is 19.7 Å². The highest BCUT2D eigenvalue weighted by molar-refractivity contribution is 5.90. The van der Waals surface area contributed by atoms with Crippen molar-refractivity contribution in [2.24, 2.45) is 0 Å². The number of esters is 1. The Morgan fingerprint density at radius 3 is 2.41 bits per heavy atom. The normalized spacial score (nSPS) is 17.6. The van der Waals surface area contributed by atoms with Crippen LogP contribution in [0.2, 0.25) is 0 Å². The Morgan fingerprint density at radius 1 is 1.15 bits per heavy atom. The maximum Gasteiger partial charge on any atom is 0.411 e. The molecular formula is C20H28N2O5. The number of amides is 2. The van der Waals surface area contributed by atoms with Gasteiger partial charge in [0.1, 0.15) is 11.6 Å². The number of ether oxygens (including phenoxy) is 2. The van der Waals surface area contributed by atoms with Gasteiger partial charge in [-0.3, -0.25) is 14.5 Å². The first kappa shape index (κ1) is 20.7. The van der Waals surface area contributed by atoms with Crippen LogP contribution in [0, 0.1) is 0 Å². The third-order valence-electron chi connectivity index (χ3n) is 4.09. The van der Waals surface area contributed by atoms with Crippen LogP contribution in [0.1, 0.15) is 39.7 Å². The predicted molar refractivity (Wildman–Crippen MR) is 99.8 cm³/mol. The van der Waals surface area contributed by atoms with Crippen LogP contribution < -0.4 is 0 Å². The van der Waals surface area contributed by atoms with E-state index >= 15 is 0 Å². The fraction of sp³-hybridized carbons (Fsp3) is 0.550. The summed E-state index contributed by atoms with van der Waals surface area (Å²) < 4.78 is 10.4. The van der Waals surface area contributed by atoms with E-state index in [9.17, 15) is 14.4 Å². The van der Waals surface area contributed by atoms with Crippen molar-refractivity contribution in [1.29, 1.82) is 0 Å². The zero-order valence-corrected chi connectivity index (χ0v) is 16.4. The van der Waals surface area contributed by atoms with Crippen molar-refractivity contribution >= 4 is 18.0 Å². The van der Waals surface area contributed by atoms with Gasteiger partial charge in [0, 0.05) is 19.6 Å². The fourth-order valence-electron chi connectivity index (χ4n) is 2.91.